The molecule has 1 aliphatic rings. The van der Waals surface area contributed by atoms with Crippen LogP contribution in [0, 0.1) is 0 Å². The van der Waals surface area contributed by atoms with Crippen molar-refractivity contribution in [3.63, 3.8) is 0 Å². The van der Waals surface area contributed by atoms with Gasteiger partial charge >= 0.3 is 6.18 Å². The number of carbonyl (C=O) groups is 1. The normalized spacial score (nSPS) is 14.8. The quantitative estimate of drug-likeness (QED) is 0.739. The van der Waals surface area contributed by atoms with E-state index in [1.165, 1.54) is 12.1 Å². The first-order chi connectivity index (χ1) is 13.3. The summed E-state index contributed by atoms with van der Waals surface area (Å²) in [5.41, 5.74) is 0.203. The predicted molar refractivity (Wildman–Crippen MR) is 94.4 cm³/mol. The smallest absolute Gasteiger partial charge is 0.433 e. The monoisotopic (exact) mass is 391 g/mol. The largest absolute Gasteiger partial charge is 0.497 e. The van der Waals surface area contributed by atoms with Gasteiger partial charge in [0.1, 0.15) is 23.2 Å². The van der Waals surface area contributed by atoms with Crippen LogP contribution in [0.15, 0.2) is 42.5 Å². The fourth-order valence-electron chi connectivity index (χ4n) is 3.01. The number of halogens is 3. The number of ether oxygens (including phenoxy) is 2. The number of rotatable bonds is 4. The van der Waals surface area contributed by atoms with Crippen LogP contribution in [0.4, 0.5) is 13.2 Å². The Morgan fingerprint density at radius 2 is 2.00 bits per heavy atom. The number of nitrogens with zero attached hydrogens (tertiary/aromatic N) is 2. The molecule has 0 saturated carbocycles. The van der Waals surface area contributed by atoms with Crippen molar-refractivity contribution in [3.05, 3.63) is 53.9 Å². The number of carbonyl (C=O) groups excluding carboxylic acids is 1. The number of pyridine rings is 1. The minimum Gasteiger partial charge on any atom is -0.497 e. The van der Waals surface area contributed by atoms with Gasteiger partial charge in [-0.1, -0.05) is 6.07 Å². The SMILES string of the molecule is COc1ccc2cc(C(=O)N3CC(Oc4cccc(C(F)(F)F)n4)C3)[nH]c2c1. The maximum Gasteiger partial charge on any atom is 0.433 e. The van der Waals surface area contributed by atoms with Gasteiger partial charge in [-0.05, 0) is 24.3 Å². The summed E-state index contributed by atoms with van der Waals surface area (Å²) < 4.78 is 48.8. The van der Waals surface area contributed by atoms with Crippen molar-refractivity contribution in [1.29, 1.82) is 0 Å². The maximum absolute atomic E-state index is 12.7. The average molecular weight is 391 g/mol. The highest BCUT2D eigenvalue weighted by Gasteiger charge is 2.35. The Hall–Kier alpha value is -3.23. The van der Waals surface area contributed by atoms with Crippen molar-refractivity contribution in [2.24, 2.45) is 0 Å². The van der Waals surface area contributed by atoms with E-state index >= 15 is 0 Å². The van der Waals surface area contributed by atoms with Gasteiger partial charge in [0.25, 0.3) is 5.91 Å². The molecule has 2 aromatic heterocycles. The average Bonchev–Trinajstić information content (AvgIpc) is 3.06. The van der Waals surface area contributed by atoms with Crippen LogP contribution in [-0.2, 0) is 6.18 Å². The molecule has 0 spiro atoms. The van der Waals surface area contributed by atoms with Gasteiger partial charge in [0.2, 0.25) is 5.88 Å². The zero-order valence-electron chi connectivity index (χ0n) is 14.8. The number of aromatic amines is 1. The zero-order chi connectivity index (χ0) is 19.9. The molecule has 1 aliphatic heterocycles. The molecule has 1 amide bonds. The highest BCUT2D eigenvalue weighted by molar-refractivity contribution is 5.98. The Morgan fingerprint density at radius 1 is 1.21 bits per heavy atom. The van der Waals surface area contributed by atoms with E-state index in [1.54, 1.807) is 30.2 Å². The molecule has 1 aromatic carbocycles. The second-order valence-electron chi connectivity index (χ2n) is 6.45. The summed E-state index contributed by atoms with van der Waals surface area (Å²) >= 11 is 0. The Bertz CT molecular complexity index is 1030. The van der Waals surface area contributed by atoms with Gasteiger partial charge in [0.05, 0.1) is 20.2 Å². The van der Waals surface area contributed by atoms with E-state index in [9.17, 15) is 18.0 Å². The van der Waals surface area contributed by atoms with E-state index in [-0.39, 0.29) is 24.9 Å². The fourth-order valence-corrected chi connectivity index (χ4v) is 3.01. The van der Waals surface area contributed by atoms with Gasteiger partial charge in [-0.3, -0.25) is 4.79 Å². The van der Waals surface area contributed by atoms with E-state index in [0.717, 1.165) is 17.0 Å². The second-order valence-corrected chi connectivity index (χ2v) is 6.45. The number of methoxy groups -OCH3 is 1. The van der Waals surface area contributed by atoms with Crippen molar-refractivity contribution < 1.29 is 27.4 Å². The molecule has 1 saturated heterocycles. The van der Waals surface area contributed by atoms with Crippen LogP contribution in [-0.4, -0.2) is 47.1 Å². The van der Waals surface area contributed by atoms with Gasteiger partial charge < -0.3 is 19.4 Å². The molecule has 0 radical (unpaired) electrons. The topological polar surface area (TPSA) is 67.4 Å². The van der Waals surface area contributed by atoms with Gasteiger partial charge in [0, 0.05) is 23.0 Å². The number of hydrogen-bond acceptors (Lipinski definition) is 4. The molecule has 0 atom stereocenters. The van der Waals surface area contributed by atoms with Crippen LogP contribution in [0.5, 0.6) is 11.6 Å². The number of amides is 1. The molecule has 1 N–H and O–H groups in total. The van der Waals surface area contributed by atoms with E-state index in [0.29, 0.717) is 11.4 Å². The third-order valence-electron chi connectivity index (χ3n) is 4.50. The lowest BCUT2D eigenvalue weighted by molar-refractivity contribution is -0.141. The number of H-pyrrole nitrogens is 1. The minimum absolute atomic E-state index is 0.107. The van der Waals surface area contributed by atoms with E-state index in [2.05, 4.69) is 9.97 Å². The molecule has 146 valence electrons. The van der Waals surface area contributed by atoms with Crippen molar-refractivity contribution in [1.82, 2.24) is 14.9 Å². The molecular weight excluding hydrogens is 375 g/mol. The molecule has 4 rings (SSSR count). The highest BCUT2D eigenvalue weighted by Crippen LogP contribution is 2.29. The first kappa shape index (κ1) is 18.1. The number of hydrogen-bond donors (Lipinski definition) is 1. The first-order valence-corrected chi connectivity index (χ1v) is 8.50. The third-order valence-corrected chi connectivity index (χ3v) is 4.50. The number of benzene rings is 1. The number of nitrogens with one attached hydrogen (secondary N) is 1. The van der Waals surface area contributed by atoms with Gasteiger partial charge in [-0.25, -0.2) is 4.98 Å². The number of likely N-dealkylation sites (tertiary alicyclic amines) is 1. The van der Waals surface area contributed by atoms with Gasteiger partial charge in [-0.15, -0.1) is 0 Å². The maximum atomic E-state index is 12.7. The molecule has 0 unspecified atom stereocenters. The summed E-state index contributed by atoms with van der Waals surface area (Å²) in [6, 6.07) is 10.7. The second kappa shape index (κ2) is 6.74. The molecule has 0 bridgehead atoms. The number of fused-ring (bicyclic) bond motifs is 1. The van der Waals surface area contributed by atoms with E-state index in [1.807, 2.05) is 6.07 Å². The van der Waals surface area contributed by atoms with Crippen LogP contribution in [0.25, 0.3) is 10.9 Å². The lowest BCUT2D eigenvalue weighted by Gasteiger charge is -2.38. The Morgan fingerprint density at radius 3 is 2.71 bits per heavy atom. The summed E-state index contributed by atoms with van der Waals surface area (Å²) in [4.78, 5) is 20.7. The van der Waals surface area contributed by atoms with Crippen LogP contribution in [0.1, 0.15) is 16.2 Å². The summed E-state index contributed by atoms with van der Waals surface area (Å²) in [5, 5.41) is 0.880. The highest BCUT2D eigenvalue weighted by atomic mass is 19.4. The Labute approximate surface area is 157 Å². The molecular formula is C19H16F3N3O3. The zero-order valence-corrected chi connectivity index (χ0v) is 14.8. The summed E-state index contributed by atoms with van der Waals surface area (Å²) in [6.45, 7) is 0.547. The van der Waals surface area contributed by atoms with Crippen LogP contribution < -0.4 is 9.47 Å². The number of alkyl halides is 3. The van der Waals surface area contributed by atoms with Crippen molar-refractivity contribution >= 4 is 16.8 Å². The minimum atomic E-state index is -4.53. The molecule has 3 heterocycles. The first-order valence-electron chi connectivity index (χ1n) is 8.50. The third kappa shape index (κ3) is 3.47. The lowest BCUT2D eigenvalue weighted by Crippen LogP contribution is -2.56. The van der Waals surface area contributed by atoms with E-state index in [4.69, 9.17) is 9.47 Å². The van der Waals surface area contributed by atoms with Gasteiger partial charge in [-0.2, -0.15) is 13.2 Å². The Balaban J connectivity index is 1.39. The Kier molecular flexibility index (Phi) is 4.37. The van der Waals surface area contributed by atoms with Gasteiger partial charge in [0.15, 0.2) is 0 Å². The predicted octanol–water partition coefficient (Wildman–Crippen LogP) is 3.49. The van der Waals surface area contributed by atoms with Crippen molar-refractivity contribution in [2.75, 3.05) is 20.2 Å². The van der Waals surface area contributed by atoms with Crippen LogP contribution in [0.3, 0.4) is 0 Å². The van der Waals surface area contributed by atoms with Crippen LogP contribution >= 0.6 is 0 Å². The van der Waals surface area contributed by atoms with Crippen LogP contribution in [0.2, 0.25) is 0 Å². The molecule has 3 aromatic rings. The number of aromatic nitrogens is 2. The molecule has 9 heteroatoms. The molecule has 0 aliphatic carbocycles. The summed E-state index contributed by atoms with van der Waals surface area (Å²) in [6.07, 6.45) is -4.93. The van der Waals surface area contributed by atoms with Crippen molar-refractivity contribution in [2.45, 2.75) is 12.3 Å². The summed E-state index contributed by atoms with van der Waals surface area (Å²) in [7, 11) is 1.57. The molecule has 6 nitrogen and oxygen atoms in total. The van der Waals surface area contributed by atoms with E-state index < -0.39 is 18.0 Å². The fraction of sp³-hybridized carbons (Fsp3) is 0.263. The van der Waals surface area contributed by atoms with Crippen molar-refractivity contribution in [3.8, 4) is 11.6 Å². The summed E-state index contributed by atoms with van der Waals surface area (Å²) in [5.74, 6) is 0.371. The lowest BCUT2D eigenvalue weighted by atomic mass is 10.1. The molecule has 1 fully saturated rings. The molecule has 28 heavy (non-hydrogen) atoms. The standard InChI is InChI=1S/C19H16F3N3O3/c1-27-12-6-5-11-7-15(23-14(11)8-12)18(26)25-9-13(10-25)28-17-4-2-3-16(24-17)19(20,21)22/h2-8,13,23H,9-10H2,1H3.